The quantitative estimate of drug-likeness (QED) is 0.806. The molecule has 16 heavy (non-hydrogen) atoms. The Labute approximate surface area is 100 Å². The van der Waals surface area contributed by atoms with Gasteiger partial charge >= 0.3 is 0 Å². The van der Waals surface area contributed by atoms with E-state index in [-0.39, 0.29) is 0 Å². The number of halogens is 1. The van der Waals surface area contributed by atoms with Crippen molar-refractivity contribution in [3.63, 3.8) is 0 Å². The van der Waals surface area contributed by atoms with Crippen molar-refractivity contribution in [2.75, 3.05) is 5.43 Å². The molecule has 1 aliphatic rings. The van der Waals surface area contributed by atoms with E-state index in [2.05, 4.69) is 27.6 Å². The van der Waals surface area contributed by atoms with Gasteiger partial charge in [-0.25, -0.2) is 0 Å². The number of aromatic nitrogens is 2. The lowest BCUT2D eigenvalue weighted by Crippen LogP contribution is -2.17. The predicted octanol–water partition coefficient (Wildman–Crippen LogP) is 3.11. The maximum Gasteiger partial charge on any atom is 0.168 e. The zero-order valence-electron chi connectivity index (χ0n) is 9.28. The van der Waals surface area contributed by atoms with Crippen molar-refractivity contribution in [2.45, 2.75) is 32.6 Å². The standard InChI is InChI=1S/C11H15ClN4/c1-8-4-2-3-5-9(8)13-15-11-7-6-10(12)14-16-11/h6-8H,2-5H2,1H3,(H,15,16). The van der Waals surface area contributed by atoms with E-state index < -0.39 is 0 Å². The van der Waals surface area contributed by atoms with E-state index in [1.807, 2.05) is 0 Å². The maximum atomic E-state index is 5.65. The normalized spacial score (nSPS) is 23.4. The highest BCUT2D eigenvalue weighted by molar-refractivity contribution is 6.29. The van der Waals surface area contributed by atoms with E-state index in [1.54, 1.807) is 12.1 Å². The molecule has 1 saturated carbocycles. The Balaban J connectivity index is 1.99. The first-order valence-electron chi connectivity index (χ1n) is 5.57. The number of nitrogens with zero attached hydrogens (tertiary/aromatic N) is 3. The first-order valence-corrected chi connectivity index (χ1v) is 5.95. The van der Waals surface area contributed by atoms with Gasteiger partial charge in [-0.2, -0.15) is 5.10 Å². The first kappa shape index (κ1) is 11.3. The highest BCUT2D eigenvalue weighted by Crippen LogP contribution is 2.21. The molecule has 0 spiro atoms. The summed E-state index contributed by atoms with van der Waals surface area (Å²) in [4.78, 5) is 0. The lowest BCUT2D eigenvalue weighted by Gasteiger charge is -2.19. The van der Waals surface area contributed by atoms with Crippen molar-refractivity contribution in [3.8, 4) is 0 Å². The van der Waals surface area contributed by atoms with Gasteiger partial charge in [0.25, 0.3) is 0 Å². The summed E-state index contributed by atoms with van der Waals surface area (Å²) in [5.74, 6) is 1.20. The third kappa shape index (κ3) is 2.92. The lowest BCUT2D eigenvalue weighted by atomic mass is 9.89. The third-order valence-corrected chi connectivity index (χ3v) is 3.04. The van der Waals surface area contributed by atoms with Crippen LogP contribution in [0.4, 0.5) is 5.82 Å². The van der Waals surface area contributed by atoms with E-state index in [1.165, 1.54) is 25.0 Å². The van der Waals surface area contributed by atoms with E-state index in [4.69, 9.17) is 11.6 Å². The van der Waals surface area contributed by atoms with Crippen molar-refractivity contribution in [1.82, 2.24) is 10.2 Å². The molecular formula is C11H15ClN4. The first-order chi connectivity index (χ1) is 7.75. The number of nitrogens with one attached hydrogen (secondary N) is 1. The van der Waals surface area contributed by atoms with Crippen LogP contribution in [0.3, 0.4) is 0 Å². The van der Waals surface area contributed by atoms with Gasteiger partial charge in [0.05, 0.1) is 0 Å². The minimum absolute atomic E-state index is 0.393. The molecule has 0 aromatic carbocycles. The maximum absolute atomic E-state index is 5.65. The average molecular weight is 239 g/mol. The molecule has 4 nitrogen and oxygen atoms in total. The second-order valence-electron chi connectivity index (χ2n) is 4.10. The molecule has 86 valence electrons. The number of hydrazone groups is 1. The molecule has 1 aromatic heterocycles. The Kier molecular flexibility index (Phi) is 3.72. The van der Waals surface area contributed by atoms with Gasteiger partial charge in [-0.3, -0.25) is 5.43 Å². The molecule has 1 heterocycles. The minimum atomic E-state index is 0.393. The molecule has 1 atom stereocenters. The monoisotopic (exact) mass is 238 g/mol. The highest BCUT2D eigenvalue weighted by atomic mass is 35.5. The molecule has 0 bridgehead atoms. The van der Waals surface area contributed by atoms with Gasteiger partial charge < -0.3 is 0 Å². The molecule has 2 rings (SSSR count). The molecule has 0 amide bonds. The predicted molar refractivity (Wildman–Crippen MR) is 65.7 cm³/mol. The molecule has 1 N–H and O–H groups in total. The van der Waals surface area contributed by atoms with Gasteiger partial charge in [0.1, 0.15) is 0 Å². The lowest BCUT2D eigenvalue weighted by molar-refractivity contribution is 0.558. The van der Waals surface area contributed by atoms with Crippen LogP contribution in [0.25, 0.3) is 0 Å². The van der Waals surface area contributed by atoms with Gasteiger partial charge in [0.2, 0.25) is 0 Å². The third-order valence-electron chi connectivity index (χ3n) is 2.83. The zero-order valence-corrected chi connectivity index (χ0v) is 10.0. The van der Waals surface area contributed by atoms with Crippen molar-refractivity contribution in [2.24, 2.45) is 11.0 Å². The van der Waals surface area contributed by atoms with E-state index in [9.17, 15) is 0 Å². The van der Waals surface area contributed by atoms with Crippen LogP contribution in [-0.4, -0.2) is 15.9 Å². The molecule has 0 aliphatic heterocycles. The summed E-state index contributed by atoms with van der Waals surface area (Å²) >= 11 is 5.65. The van der Waals surface area contributed by atoms with Crippen LogP contribution in [0.5, 0.6) is 0 Å². The topological polar surface area (TPSA) is 50.2 Å². The van der Waals surface area contributed by atoms with Gasteiger partial charge in [0, 0.05) is 5.71 Å². The smallest absolute Gasteiger partial charge is 0.168 e. The van der Waals surface area contributed by atoms with Crippen LogP contribution in [-0.2, 0) is 0 Å². The van der Waals surface area contributed by atoms with Gasteiger partial charge in [-0.1, -0.05) is 24.9 Å². The summed E-state index contributed by atoms with van der Waals surface area (Å²) < 4.78 is 0. The molecule has 0 radical (unpaired) electrons. The molecule has 1 unspecified atom stereocenters. The Bertz CT molecular complexity index is 374. The molecular weight excluding hydrogens is 224 g/mol. The number of anilines is 1. The summed E-state index contributed by atoms with van der Waals surface area (Å²) in [5.41, 5.74) is 4.15. The largest absolute Gasteiger partial charge is 0.260 e. The number of rotatable bonds is 2. The minimum Gasteiger partial charge on any atom is -0.260 e. The Morgan fingerprint density at radius 2 is 2.25 bits per heavy atom. The number of hydrogen-bond acceptors (Lipinski definition) is 4. The van der Waals surface area contributed by atoms with Gasteiger partial charge in [0.15, 0.2) is 11.0 Å². The Morgan fingerprint density at radius 1 is 1.38 bits per heavy atom. The molecule has 1 fully saturated rings. The second kappa shape index (κ2) is 5.25. The Hall–Kier alpha value is -1.16. The Morgan fingerprint density at radius 3 is 2.94 bits per heavy atom. The van der Waals surface area contributed by atoms with Crippen LogP contribution >= 0.6 is 11.6 Å². The summed E-state index contributed by atoms with van der Waals surface area (Å²) in [6, 6.07) is 3.47. The van der Waals surface area contributed by atoms with Crippen molar-refractivity contribution in [1.29, 1.82) is 0 Å². The average Bonchev–Trinajstić information content (AvgIpc) is 2.30. The summed E-state index contributed by atoms with van der Waals surface area (Å²) in [5, 5.41) is 12.4. The summed E-state index contributed by atoms with van der Waals surface area (Å²) in [7, 11) is 0. The molecule has 5 heteroatoms. The van der Waals surface area contributed by atoms with Crippen molar-refractivity contribution >= 4 is 23.1 Å². The van der Waals surface area contributed by atoms with Gasteiger partial charge in [-0.05, 0) is 37.3 Å². The van der Waals surface area contributed by atoms with Crippen LogP contribution in [0.1, 0.15) is 32.6 Å². The van der Waals surface area contributed by atoms with Crippen LogP contribution in [0.2, 0.25) is 5.15 Å². The van der Waals surface area contributed by atoms with E-state index >= 15 is 0 Å². The summed E-state index contributed by atoms with van der Waals surface area (Å²) in [6.07, 6.45) is 4.85. The SMILES string of the molecule is CC1CCCCC1=NNc1ccc(Cl)nn1. The molecule has 0 saturated heterocycles. The van der Waals surface area contributed by atoms with Crippen molar-refractivity contribution < 1.29 is 0 Å². The second-order valence-corrected chi connectivity index (χ2v) is 4.49. The molecule has 1 aromatic rings. The fraction of sp³-hybridized carbons (Fsp3) is 0.545. The number of hydrogen-bond donors (Lipinski definition) is 1. The molecule has 1 aliphatic carbocycles. The van der Waals surface area contributed by atoms with E-state index in [0.29, 0.717) is 16.9 Å². The van der Waals surface area contributed by atoms with Gasteiger partial charge in [-0.15, -0.1) is 10.2 Å². The highest BCUT2D eigenvalue weighted by Gasteiger charge is 2.15. The van der Waals surface area contributed by atoms with Crippen molar-refractivity contribution in [3.05, 3.63) is 17.3 Å². The van der Waals surface area contributed by atoms with Crippen LogP contribution < -0.4 is 5.43 Å². The van der Waals surface area contributed by atoms with Crippen LogP contribution in [0.15, 0.2) is 17.2 Å². The zero-order chi connectivity index (χ0) is 11.4. The summed E-state index contributed by atoms with van der Waals surface area (Å²) in [6.45, 7) is 2.22. The fourth-order valence-electron chi connectivity index (χ4n) is 1.84. The van der Waals surface area contributed by atoms with Crippen LogP contribution in [0, 0.1) is 5.92 Å². The van der Waals surface area contributed by atoms with E-state index in [0.717, 1.165) is 6.42 Å². The fourth-order valence-corrected chi connectivity index (χ4v) is 1.94.